The summed E-state index contributed by atoms with van der Waals surface area (Å²) in [7, 11) is 0. The Kier molecular flexibility index (Phi) is 6.08. The van der Waals surface area contributed by atoms with E-state index < -0.39 is 5.82 Å². The quantitative estimate of drug-likeness (QED) is 0.333. The zero-order valence-electron chi connectivity index (χ0n) is 15.1. The van der Waals surface area contributed by atoms with Gasteiger partial charge >= 0.3 is 0 Å². The van der Waals surface area contributed by atoms with Gasteiger partial charge in [0.25, 0.3) is 5.56 Å². The van der Waals surface area contributed by atoms with Gasteiger partial charge in [0.1, 0.15) is 10.5 Å². The molecule has 0 aliphatic rings. The van der Waals surface area contributed by atoms with Crippen molar-refractivity contribution < 1.29 is 9.18 Å². The number of carbonyl (C=O) groups is 1. The molecule has 3 aromatic heterocycles. The van der Waals surface area contributed by atoms with E-state index in [9.17, 15) is 14.0 Å². The van der Waals surface area contributed by atoms with E-state index in [0.29, 0.717) is 27.6 Å². The minimum atomic E-state index is -0.414. The number of thiophene rings is 2. The Balaban J connectivity index is 1.52. The second-order valence-corrected chi connectivity index (χ2v) is 9.05. The average Bonchev–Trinajstić information content (AvgIpc) is 3.37. The third-order valence-corrected chi connectivity index (χ3v) is 6.94. The van der Waals surface area contributed by atoms with Crippen LogP contribution in [0.5, 0.6) is 0 Å². The fourth-order valence-electron chi connectivity index (χ4n) is 2.80. The molecule has 3 heterocycles. The average molecular weight is 446 g/mol. The number of halogens is 1. The first kappa shape index (κ1) is 19.8. The molecule has 29 heavy (non-hydrogen) atoms. The molecule has 0 aliphatic carbocycles. The van der Waals surface area contributed by atoms with E-state index in [-0.39, 0.29) is 17.2 Å². The predicted molar refractivity (Wildman–Crippen MR) is 118 cm³/mol. The van der Waals surface area contributed by atoms with Crippen LogP contribution in [-0.4, -0.2) is 21.2 Å². The molecule has 0 aliphatic heterocycles. The molecule has 5 nitrogen and oxygen atoms in total. The van der Waals surface area contributed by atoms with Gasteiger partial charge in [0.15, 0.2) is 5.16 Å². The number of hydrogen-bond acceptors (Lipinski definition) is 6. The molecule has 0 fully saturated rings. The van der Waals surface area contributed by atoms with E-state index in [1.807, 2.05) is 29.0 Å². The van der Waals surface area contributed by atoms with Crippen LogP contribution in [0.15, 0.2) is 63.2 Å². The molecule has 0 atom stereocenters. The summed E-state index contributed by atoms with van der Waals surface area (Å²) >= 11 is 4.22. The summed E-state index contributed by atoms with van der Waals surface area (Å²) in [6.45, 7) is 0.494. The van der Waals surface area contributed by atoms with Gasteiger partial charge in [-0.15, -0.1) is 22.7 Å². The van der Waals surface area contributed by atoms with E-state index in [1.165, 1.54) is 46.2 Å². The van der Waals surface area contributed by atoms with Crippen LogP contribution in [0.1, 0.15) is 4.88 Å². The minimum absolute atomic E-state index is 0.0671. The highest BCUT2D eigenvalue weighted by Gasteiger charge is 2.14. The summed E-state index contributed by atoms with van der Waals surface area (Å²) in [5, 5.41) is 7.02. The molecule has 0 radical (unpaired) electrons. The van der Waals surface area contributed by atoms with Crippen molar-refractivity contribution in [3.63, 3.8) is 0 Å². The predicted octanol–water partition coefficient (Wildman–Crippen LogP) is 4.63. The van der Waals surface area contributed by atoms with Crippen LogP contribution in [0.25, 0.3) is 10.2 Å². The molecule has 1 amide bonds. The number of anilines is 1. The van der Waals surface area contributed by atoms with Crippen molar-refractivity contribution in [2.75, 3.05) is 11.1 Å². The van der Waals surface area contributed by atoms with E-state index in [4.69, 9.17) is 0 Å². The number of benzene rings is 1. The fourth-order valence-corrected chi connectivity index (χ4v) is 5.10. The molecule has 1 aromatic carbocycles. The van der Waals surface area contributed by atoms with Gasteiger partial charge in [-0.1, -0.05) is 23.9 Å². The maximum absolute atomic E-state index is 13.3. The molecule has 0 spiro atoms. The monoisotopic (exact) mass is 445 g/mol. The Morgan fingerprint density at radius 3 is 2.86 bits per heavy atom. The number of aryl methyl sites for hydroxylation is 1. The van der Waals surface area contributed by atoms with Gasteiger partial charge < -0.3 is 5.32 Å². The van der Waals surface area contributed by atoms with Crippen LogP contribution in [0.2, 0.25) is 0 Å². The summed E-state index contributed by atoms with van der Waals surface area (Å²) in [6.07, 6.45) is 0.721. The third kappa shape index (κ3) is 4.75. The van der Waals surface area contributed by atoms with Crippen molar-refractivity contribution in [1.82, 2.24) is 9.55 Å². The van der Waals surface area contributed by atoms with Gasteiger partial charge in [0.05, 0.1) is 11.3 Å². The molecule has 9 heteroatoms. The minimum Gasteiger partial charge on any atom is -0.325 e. The number of amides is 1. The highest BCUT2D eigenvalue weighted by atomic mass is 32.2. The lowest BCUT2D eigenvalue weighted by atomic mass is 10.3. The molecule has 1 N–H and O–H groups in total. The summed E-state index contributed by atoms with van der Waals surface area (Å²) in [5.41, 5.74) is 0.946. The summed E-state index contributed by atoms with van der Waals surface area (Å²) < 4.78 is 15.5. The van der Waals surface area contributed by atoms with Crippen molar-refractivity contribution in [1.29, 1.82) is 0 Å². The third-order valence-electron chi connectivity index (χ3n) is 4.13. The van der Waals surface area contributed by atoms with Crippen LogP contribution < -0.4 is 10.9 Å². The molecule has 148 valence electrons. The second-order valence-electron chi connectivity index (χ2n) is 6.16. The van der Waals surface area contributed by atoms with Crippen LogP contribution in [0, 0.1) is 5.82 Å². The number of rotatable bonds is 7. The Hall–Kier alpha value is -2.49. The lowest BCUT2D eigenvalue weighted by Crippen LogP contribution is -2.24. The molecular weight excluding hydrogens is 429 g/mol. The number of aromatic nitrogens is 2. The van der Waals surface area contributed by atoms with Crippen LogP contribution in [0.4, 0.5) is 10.1 Å². The Morgan fingerprint density at radius 2 is 2.07 bits per heavy atom. The van der Waals surface area contributed by atoms with Crippen LogP contribution >= 0.6 is 34.4 Å². The van der Waals surface area contributed by atoms with Crippen LogP contribution in [0.3, 0.4) is 0 Å². The zero-order valence-corrected chi connectivity index (χ0v) is 17.6. The molecule has 4 rings (SSSR count). The number of thioether (sulfide) groups is 1. The zero-order chi connectivity index (χ0) is 20.2. The van der Waals surface area contributed by atoms with E-state index >= 15 is 0 Å². The van der Waals surface area contributed by atoms with Crippen LogP contribution in [-0.2, 0) is 17.8 Å². The van der Waals surface area contributed by atoms with Gasteiger partial charge in [-0.2, -0.15) is 0 Å². The van der Waals surface area contributed by atoms with Crippen molar-refractivity contribution >= 4 is 56.2 Å². The molecule has 0 bridgehead atoms. The van der Waals surface area contributed by atoms with E-state index in [1.54, 1.807) is 22.0 Å². The topological polar surface area (TPSA) is 64.0 Å². The Bertz CT molecular complexity index is 1200. The van der Waals surface area contributed by atoms with Crippen molar-refractivity contribution in [3.8, 4) is 0 Å². The van der Waals surface area contributed by atoms with E-state index in [0.717, 1.165) is 6.42 Å². The Morgan fingerprint density at radius 1 is 1.17 bits per heavy atom. The van der Waals surface area contributed by atoms with Crippen molar-refractivity contribution in [3.05, 3.63) is 74.3 Å². The van der Waals surface area contributed by atoms with Crippen molar-refractivity contribution in [2.45, 2.75) is 18.1 Å². The SMILES string of the molecule is O=C(CSc1nc2ccsc2c(=O)n1CCc1cccs1)Nc1cccc(F)c1. The lowest BCUT2D eigenvalue weighted by Gasteiger charge is -2.11. The first-order valence-corrected chi connectivity index (χ1v) is 11.5. The van der Waals surface area contributed by atoms with Gasteiger partial charge in [-0.3, -0.25) is 14.2 Å². The van der Waals surface area contributed by atoms with E-state index in [2.05, 4.69) is 10.3 Å². The summed E-state index contributed by atoms with van der Waals surface area (Å²) in [4.78, 5) is 31.0. The maximum atomic E-state index is 13.3. The van der Waals surface area contributed by atoms with Crippen molar-refractivity contribution in [2.24, 2.45) is 0 Å². The number of nitrogens with one attached hydrogen (secondary N) is 1. The number of carbonyl (C=O) groups excluding carboxylic acids is 1. The molecule has 0 saturated heterocycles. The fraction of sp³-hybridized carbons (Fsp3) is 0.150. The smallest absolute Gasteiger partial charge is 0.272 e. The number of fused-ring (bicyclic) bond motifs is 1. The summed E-state index contributed by atoms with van der Waals surface area (Å²) in [5.74, 6) is -0.634. The highest BCUT2D eigenvalue weighted by molar-refractivity contribution is 7.99. The highest BCUT2D eigenvalue weighted by Crippen LogP contribution is 2.22. The molecule has 4 aromatic rings. The van der Waals surface area contributed by atoms with Gasteiger partial charge in [-0.05, 0) is 47.5 Å². The lowest BCUT2D eigenvalue weighted by molar-refractivity contribution is -0.113. The second kappa shape index (κ2) is 8.89. The Labute approximate surface area is 178 Å². The first-order chi connectivity index (χ1) is 14.1. The largest absolute Gasteiger partial charge is 0.325 e. The van der Waals surface area contributed by atoms with Gasteiger partial charge in [0.2, 0.25) is 5.91 Å². The summed E-state index contributed by atoms with van der Waals surface area (Å²) in [6, 6.07) is 11.6. The molecule has 0 unspecified atom stereocenters. The molecule has 0 saturated carbocycles. The van der Waals surface area contributed by atoms with Gasteiger partial charge in [-0.25, -0.2) is 9.37 Å². The number of nitrogens with zero attached hydrogens (tertiary/aromatic N) is 2. The maximum Gasteiger partial charge on any atom is 0.272 e. The first-order valence-electron chi connectivity index (χ1n) is 8.79. The normalized spacial score (nSPS) is 11.1. The molecular formula is C20H16FN3O2S3. The number of hydrogen-bond donors (Lipinski definition) is 1. The van der Waals surface area contributed by atoms with Gasteiger partial charge in [0, 0.05) is 17.1 Å². The standard InChI is InChI=1S/C20H16FN3O2S3/c21-13-3-1-4-14(11-13)22-17(25)12-29-20-23-16-7-10-28-18(16)19(26)24(20)8-6-15-5-2-9-27-15/h1-5,7,9-11H,6,8,12H2,(H,22,25).